The van der Waals surface area contributed by atoms with Gasteiger partial charge in [-0.25, -0.2) is 4.39 Å². The maximum atomic E-state index is 13.9. The largest absolute Gasteiger partial charge is 0.489 e. The summed E-state index contributed by atoms with van der Waals surface area (Å²) in [5.74, 6) is 0.0308. The van der Waals surface area contributed by atoms with Gasteiger partial charge >= 0.3 is 0 Å². The van der Waals surface area contributed by atoms with Gasteiger partial charge in [0.05, 0.1) is 11.4 Å². The Labute approximate surface area is 229 Å². The van der Waals surface area contributed by atoms with Gasteiger partial charge in [-0.2, -0.15) is 0 Å². The number of hydrogen-bond donors (Lipinski definition) is 0. The molecule has 1 aliphatic rings. The fourth-order valence-corrected chi connectivity index (χ4v) is 5.30. The van der Waals surface area contributed by atoms with Crippen LogP contribution in [0.5, 0.6) is 5.75 Å². The number of rotatable bonds is 7. The molecule has 0 radical (unpaired) electrons. The number of carbonyl (C=O) groups is 2. The number of benzene rings is 3. The Hall–Kier alpha value is -3.81. The maximum absolute atomic E-state index is 13.9. The minimum Gasteiger partial charge on any atom is -0.489 e. The Kier molecular flexibility index (Phi) is 7.40. The normalized spacial score (nSPS) is 14.5. The van der Waals surface area contributed by atoms with E-state index in [4.69, 9.17) is 16.3 Å². The van der Waals surface area contributed by atoms with E-state index in [-0.39, 0.29) is 30.1 Å². The van der Waals surface area contributed by atoms with E-state index in [0.717, 1.165) is 40.0 Å². The van der Waals surface area contributed by atoms with Crippen LogP contribution in [-0.4, -0.2) is 20.6 Å². The van der Waals surface area contributed by atoms with Gasteiger partial charge in [-0.05, 0) is 91.3 Å². The zero-order valence-corrected chi connectivity index (χ0v) is 22.4. The van der Waals surface area contributed by atoms with Crippen LogP contribution in [0.2, 0.25) is 5.02 Å². The highest BCUT2D eigenvalue weighted by atomic mass is 35.5. The third kappa shape index (κ3) is 5.39. The summed E-state index contributed by atoms with van der Waals surface area (Å²) in [4.78, 5) is 27.3. The lowest BCUT2D eigenvalue weighted by Gasteiger charge is -2.12. The van der Waals surface area contributed by atoms with Gasteiger partial charge < -0.3 is 9.30 Å². The quantitative estimate of drug-likeness (QED) is 0.223. The molecule has 0 atom stereocenters. The van der Waals surface area contributed by atoms with E-state index in [2.05, 4.69) is 4.57 Å². The molecule has 1 aromatic heterocycles. The molecular weight excluding hydrogens is 523 g/mol. The summed E-state index contributed by atoms with van der Waals surface area (Å²) in [5, 5.41) is 0.305. The molecule has 5 rings (SSSR count). The lowest BCUT2D eigenvalue weighted by Crippen LogP contribution is -2.27. The second-order valence-corrected chi connectivity index (χ2v) is 10.4. The summed E-state index contributed by atoms with van der Waals surface area (Å²) in [6, 6.07) is 23.2. The van der Waals surface area contributed by atoms with E-state index in [0.29, 0.717) is 21.2 Å². The monoisotopic (exact) mass is 546 g/mol. The van der Waals surface area contributed by atoms with Gasteiger partial charge in [0.1, 0.15) is 18.2 Å². The summed E-state index contributed by atoms with van der Waals surface area (Å²) in [6.07, 6.45) is 1.78. The van der Waals surface area contributed by atoms with Crippen molar-refractivity contribution in [1.29, 1.82) is 0 Å². The number of nitrogens with zero attached hydrogens (tertiary/aromatic N) is 2. The minimum atomic E-state index is -0.309. The van der Waals surface area contributed by atoms with Crippen LogP contribution >= 0.6 is 23.4 Å². The van der Waals surface area contributed by atoms with Gasteiger partial charge in [-0.15, -0.1) is 0 Å². The highest BCUT2D eigenvalue weighted by Gasteiger charge is 2.35. The van der Waals surface area contributed by atoms with E-state index in [1.54, 1.807) is 48.5 Å². The summed E-state index contributed by atoms with van der Waals surface area (Å²) in [5.41, 5.74) is 5.03. The third-order valence-corrected chi connectivity index (χ3v) is 7.49. The number of ether oxygens (including phenoxy) is 1. The van der Waals surface area contributed by atoms with Crippen LogP contribution in [0.25, 0.3) is 11.8 Å². The maximum Gasteiger partial charge on any atom is 0.293 e. The molecule has 3 aromatic carbocycles. The first-order valence-electron chi connectivity index (χ1n) is 12.0. The van der Waals surface area contributed by atoms with Crippen molar-refractivity contribution in [1.82, 2.24) is 9.47 Å². The molecule has 4 aromatic rings. The van der Waals surface area contributed by atoms with Crippen molar-refractivity contribution in [3.8, 4) is 11.4 Å². The van der Waals surface area contributed by atoms with Crippen molar-refractivity contribution in [2.75, 3.05) is 0 Å². The topological polar surface area (TPSA) is 51.5 Å². The first-order chi connectivity index (χ1) is 18.3. The zero-order valence-electron chi connectivity index (χ0n) is 20.8. The molecule has 0 bridgehead atoms. The molecule has 1 aliphatic heterocycles. The molecule has 0 unspecified atom stereocenters. The van der Waals surface area contributed by atoms with Crippen LogP contribution in [0.4, 0.5) is 9.18 Å². The molecule has 2 amide bonds. The highest BCUT2D eigenvalue weighted by molar-refractivity contribution is 8.18. The molecule has 0 spiro atoms. The van der Waals surface area contributed by atoms with Crippen molar-refractivity contribution in [3.63, 3.8) is 0 Å². The predicted octanol–water partition coefficient (Wildman–Crippen LogP) is 7.70. The summed E-state index contributed by atoms with van der Waals surface area (Å²) in [6.45, 7) is 4.30. The average Bonchev–Trinajstić information content (AvgIpc) is 3.33. The van der Waals surface area contributed by atoms with Gasteiger partial charge in [0.2, 0.25) is 0 Å². The van der Waals surface area contributed by atoms with Crippen molar-refractivity contribution in [2.24, 2.45) is 0 Å². The predicted molar refractivity (Wildman–Crippen MR) is 149 cm³/mol. The van der Waals surface area contributed by atoms with Crippen LogP contribution < -0.4 is 4.74 Å². The van der Waals surface area contributed by atoms with Crippen LogP contribution in [0.15, 0.2) is 83.8 Å². The fraction of sp³-hybridized carbons (Fsp3) is 0.133. The number of amides is 2. The van der Waals surface area contributed by atoms with Gasteiger partial charge in [0.15, 0.2) is 0 Å². The average molecular weight is 547 g/mol. The molecule has 5 nitrogen and oxygen atoms in total. The van der Waals surface area contributed by atoms with E-state index in [1.807, 2.05) is 44.2 Å². The molecule has 8 heteroatoms. The minimum absolute atomic E-state index is 0.144. The fourth-order valence-electron chi connectivity index (χ4n) is 4.35. The number of aryl methyl sites for hydroxylation is 1. The smallest absolute Gasteiger partial charge is 0.293 e. The van der Waals surface area contributed by atoms with Crippen LogP contribution in [-0.2, 0) is 17.9 Å². The molecule has 1 fully saturated rings. The molecule has 2 heterocycles. The number of halogens is 2. The Morgan fingerprint density at radius 1 is 0.974 bits per heavy atom. The van der Waals surface area contributed by atoms with Crippen molar-refractivity contribution < 1.29 is 18.7 Å². The molecule has 0 N–H and O–H groups in total. The second-order valence-electron chi connectivity index (χ2n) is 8.93. The van der Waals surface area contributed by atoms with Crippen LogP contribution in [0, 0.1) is 19.7 Å². The first kappa shape index (κ1) is 25.8. The SMILES string of the molecule is Cc1cc(/C=C2/SC(=O)N(Cc3ccc(Cl)cc3)C2=O)c(C)n1-c1ccc(OCc2ccccc2F)cc1. The number of aromatic nitrogens is 1. The van der Waals surface area contributed by atoms with Gasteiger partial charge in [-0.3, -0.25) is 14.5 Å². The van der Waals surface area contributed by atoms with E-state index < -0.39 is 0 Å². The lowest BCUT2D eigenvalue weighted by molar-refractivity contribution is -0.123. The Bertz CT molecular complexity index is 1540. The number of thioether (sulfide) groups is 1. The Morgan fingerprint density at radius 3 is 2.39 bits per heavy atom. The number of hydrogen-bond acceptors (Lipinski definition) is 4. The molecule has 0 saturated carbocycles. The van der Waals surface area contributed by atoms with Crippen molar-refractivity contribution in [3.05, 3.63) is 123 Å². The van der Waals surface area contributed by atoms with Gasteiger partial charge in [0, 0.05) is 27.7 Å². The summed E-state index contributed by atoms with van der Waals surface area (Å²) >= 11 is 6.89. The molecule has 1 saturated heterocycles. The molecule has 0 aliphatic carbocycles. The Balaban J connectivity index is 1.32. The number of imide groups is 1. The van der Waals surface area contributed by atoms with Crippen molar-refractivity contribution >= 4 is 40.6 Å². The van der Waals surface area contributed by atoms with Crippen LogP contribution in [0.3, 0.4) is 0 Å². The highest BCUT2D eigenvalue weighted by Crippen LogP contribution is 2.35. The molecule has 192 valence electrons. The zero-order chi connectivity index (χ0) is 26.8. The summed E-state index contributed by atoms with van der Waals surface area (Å²) in [7, 11) is 0. The van der Waals surface area contributed by atoms with E-state index in [1.165, 1.54) is 11.0 Å². The Morgan fingerprint density at radius 2 is 1.68 bits per heavy atom. The van der Waals surface area contributed by atoms with Gasteiger partial charge in [0.25, 0.3) is 11.1 Å². The number of carbonyl (C=O) groups excluding carboxylic acids is 2. The lowest BCUT2D eigenvalue weighted by atomic mass is 10.2. The second kappa shape index (κ2) is 10.9. The van der Waals surface area contributed by atoms with E-state index >= 15 is 0 Å². The molecule has 38 heavy (non-hydrogen) atoms. The van der Waals surface area contributed by atoms with Crippen molar-refractivity contribution in [2.45, 2.75) is 27.0 Å². The van der Waals surface area contributed by atoms with Gasteiger partial charge in [-0.1, -0.05) is 41.9 Å². The van der Waals surface area contributed by atoms with E-state index in [9.17, 15) is 14.0 Å². The van der Waals surface area contributed by atoms with Crippen LogP contribution in [0.1, 0.15) is 28.1 Å². The standard InChI is InChI=1S/C30H24ClFN2O3S/c1-19-15-23(16-28-29(35)33(30(36)38-28)17-21-7-9-24(31)10-8-21)20(2)34(19)25-11-13-26(14-12-25)37-18-22-5-3-4-6-27(22)32/h3-16H,17-18H2,1-2H3/b28-16+. The summed E-state index contributed by atoms with van der Waals surface area (Å²) < 4.78 is 21.7. The first-order valence-corrected chi connectivity index (χ1v) is 13.1. The molecular formula is C30H24ClFN2O3S. The third-order valence-electron chi connectivity index (χ3n) is 6.33.